The maximum atomic E-state index is 13.7. The highest BCUT2D eigenvalue weighted by atomic mass is 19.4. The van der Waals surface area contributed by atoms with Crippen LogP contribution in [0.3, 0.4) is 0 Å². The molecule has 0 spiro atoms. The Bertz CT molecular complexity index is 1130. The average Bonchev–Trinajstić information content (AvgIpc) is 2.81. The van der Waals surface area contributed by atoms with Crippen molar-refractivity contribution in [2.24, 2.45) is 5.16 Å². The molecule has 3 rings (SSSR count). The van der Waals surface area contributed by atoms with E-state index in [1.165, 1.54) is 37.1 Å². The lowest BCUT2D eigenvalue weighted by atomic mass is 9.91. The minimum absolute atomic E-state index is 0.0335. The zero-order valence-corrected chi connectivity index (χ0v) is 19.6. The number of amides is 2. The number of carbonyl (C=O) groups excluding carboxylic acids is 1. The Morgan fingerprint density at radius 2 is 1.67 bits per heavy atom. The van der Waals surface area contributed by atoms with Gasteiger partial charge in [0, 0.05) is 26.4 Å². The van der Waals surface area contributed by atoms with Crippen molar-refractivity contribution >= 4 is 11.7 Å². The minimum Gasteiger partial charge on any atom is -0.411 e. The lowest BCUT2D eigenvalue weighted by Gasteiger charge is -2.40. The first-order chi connectivity index (χ1) is 16.6. The van der Waals surface area contributed by atoms with Gasteiger partial charge in [-0.2, -0.15) is 26.3 Å². The molecule has 1 aliphatic rings. The van der Waals surface area contributed by atoms with E-state index < -0.39 is 47.4 Å². The summed E-state index contributed by atoms with van der Waals surface area (Å²) in [4.78, 5) is 15.9. The molecule has 5 nitrogen and oxygen atoms in total. The molecule has 0 aliphatic carbocycles. The van der Waals surface area contributed by atoms with Crippen molar-refractivity contribution < 1.29 is 40.7 Å². The van der Waals surface area contributed by atoms with E-state index in [2.05, 4.69) is 5.16 Å². The van der Waals surface area contributed by atoms with Crippen LogP contribution >= 0.6 is 0 Å². The maximum Gasteiger partial charge on any atom is 0.416 e. The van der Waals surface area contributed by atoms with Gasteiger partial charge in [0.2, 0.25) is 0 Å². The molecule has 1 fully saturated rings. The van der Waals surface area contributed by atoms with Gasteiger partial charge in [-0.3, -0.25) is 0 Å². The third-order valence-corrected chi connectivity index (χ3v) is 6.40. The minimum atomic E-state index is -5.02. The summed E-state index contributed by atoms with van der Waals surface area (Å²) in [5, 5.41) is 12.5. The van der Waals surface area contributed by atoms with Crippen molar-refractivity contribution in [3.8, 4) is 0 Å². The first-order valence-corrected chi connectivity index (χ1v) is 10.9. The van der Waals surface area contributed by atoms with Crippen molar-refractivity contribution in [2.45, 2.75) is 51.1 Å². The van der Waals surface area contributed by atoms with E-state index in [9.17, 15) is 40.7 Å². The molecule has 12 heteroatoms. The van der Waals surface area contributed by atoms with E-state index in [4.69, 9.17) is 0 Å². The van der Waals surface area contributed by atoms with Crippen LogP contribution in [0, 0.1) is 12.7 Å². The molecule has 0 radical (unpaired) electrons. The second-order valence-electron chi connectivity index (χ2n) is 8.74. The van der Waals surface area contributed by atoms with Crippen LogP contribution in [0.5, 0.6) is 0 Å². The molecule has 36 heavy (non-hydrogen) atoms. The Kier molecular flexibility index (Phi) is 7.56. The molecule has 0 aromatic heterocycles. The van der Waals surface area contributed by atoms with Crippen LogP contribution in [0.2, 0.25) is 0 Å². The fourth-order valence-corrected chi connectivity index (χ4v) is 4.26. The average molecular weight is 519 g/mol. The normalized spacial score (nSPS) is 18.9. The summed E-state index contributed by atoms with van der Waals surface area (Å²) in [7, 11) is 1.28. The number of hydrogen-bond acceptors (Lipinski definition) is 3. The standard InChI is InChI=1S/C24H24F7N3O2/c1-13-8-18(25)4-5-20(13)21-12-19(32-36)6-7-34(21)22(35)33(3)14(2)15-9-16(23(26,27)28)11-17(10-15)24(29,30)31/h4-5,8-11,14,21,36H,6-7,12H2,1-3H3/b32-19+/t14-,21-/m1/s1. The SMILES string of the molecule is Cc1cc(F)ccc1[C@H]1C/C(=N/O)CCN1C(=O)N(C)[C@H](C)c1cc(C(F)(F)F)cc(C(F)(F)F)c1. The fourth-order valence-electron chi connectivity index (χ4n) is 4.26. The lowest BCUT2D eigenvalue weighted by molar-refractivity contribution is -0.143. The third kappa shape index (κ3) is 5.73. The van der Waals surface area contributed by atoms with Gasteiger partial charge >= 0.3 is 18.4 Å². The second-order valence-corrected chi connectivity index (χ2v) is 8.74. The number of aryl methyl sites for hydroxylation is 1. The highest BCUT2D eigenvalue weighted by Gasteiger charge is 2.39. The summed E-state index contributed by atoms with van der Waals surface area (Å²) in [6.45, 7) is 3.04. The van der Waals surface area contributed by atoms with Gasteiger partial charge in [-0.15, -0.1) is 0 Å². The zero-order valence-electron chi connectivity index (χ0n) is 19.6. The molecule has 2 atom stereocenters. The second kappa shape index (κ2) is 9.98. The van der Waals surface area contributed by atoms with E-state index in [1.54, 1.807) is 6.92 Å². The largest absolute Gasteiger partial charge is 0.416 e. The molecular formula is C24H24F7N3O2. The monoisotopic (exact) mass is 519 g/mol. The molecule has 0 bridgehead atoms. The van der Waals surface area contributed by atoms with Crippen LogP contribution in [-0.4, -0.2) is 40.3 Å². The van der Waals surface area contributed by atoms with E-state index >= 15 is 0 Å². The van der Waals surface area contributed by atoms with E-state index in [-0.39, 0.29) is 31.0 Å². The van der Waals surface area contributed by atoms with E-state index in [0.29, 0.717) is 29.0 Å². The van der Waals surface area contributed by atoms with Crippen LogP contribution in [0.4, 0.5) is 35.5 Å². The summed E-state index contributed by atoms with van der Waals surface area (Å²) in [6, 6.07) is 2.71. The quantitative estimate of drug-likeness (QED) is 0.271. The van der Waals surface area contributed by atoms with Crippen LogP contribution in [0.25, 0.3) is 0 Å². The van der Waals surface area contributed by atoms with Crippen molar-refractivity contribution in [2.75, 3.05) is 13.6 Å². The number of urea groups is 1. The van der Waals surface area contributed by atoms with Gasteiger partial charge in [-0.1, -0.05) is 11.2 Å². The summed E-state index contributed by atoms with van der Waals surface area (Å²) in [5.41, 5.74) is -1.78. The van der Waals surface area contributed by atoms with Crippen molar-refractivity contribution in [3.05, 3.63) is 70.0 Å². The number of benzene rings is 2. The van der Waals surface area contributed by atoms with Crippen LogP contribution in [0.15, 0.2) is 41.6 Å². The fraction of sp³-hybridized carbons (Fsp3) is 0.417. The Morgan fingerprint density at radius 1 is 1.08 bits per heavy atom. The molecule has 1 aliphatic heterocycles. The summed E-state index contributed by atoms with van der Waals surface area (Å²) < 4.78 is 93.5. The molecule has 2 aromatic rings. The Hall–Kier alpha value is -3.31. The number of likely N-dealkylation sites (tertiary alicyclic amines) is 1. The van der Waals surface area contributed by atoms with Crippen molar-refractivity contribution in [1.29, 1.82) is 0 Å². The molecular weight excluding hydrogens is 495 g/mol. The summed E-state index contributed by atoms with van der Waals surface area (Å²) in [5.74, 6) is -0.489. The number of nitrogens with zero attached hydrogens (tertiary/aromatic N) is 3. The Balaban J connectivity index is 1.98. The number of oxime groups is 1. The molecule has 2 aromatic carbocycles. The predicted octanol–water partition coefficient (Wildman–Crippen LogP) is 6.95. The van der Waals surface area contributed by atoms with Crippen molar-refractivity contribution in [1.82, 2.24) is 9.80 Å². The summed E-state index contributed by atoms with van der Waals surface area (Å²) in [6.07, 6.45) is -9.70. The summed E-state index contributed by atoms with van der Waals surface area (Å²) >= 11 is 0. The van der Waals surface area contributed by atoms with Crippen LogP contribution in [0.1, 0.15) is 59.7 Å². The van der Waals surface area contributed by atoms with Gasteiger partial charge in [-0.05, 0) is 60.9 Å². The van der Waals surface area contributed by atoms with E-state index in [1.807, 2.05) is 0 Å². The number of piperidine rings is 1. The topological polar surface area (TPSA) is 56.1 Å². The lowest BCUT2D eigenvalue weighted by Crippen LogP contribution is -2.48. The highest BCUT2D eigenvalue weighted by molar-refractivity contribution is 5.88. The number of carbonyl (C=O) groups is 1. The van der Waals surface area contributed by atoms with Gasteiger partial charge in [0.15, 0.2) is 0 Å². The van der Waals surface area contributed by atoms with Gasteiger partial charge < -0.3 is 15.0 Å². The van der Waals surface area contributed by atoms with Gasteiger partial charge in [0.25, 0.3) is 0 Å². The molecule has 1 N–H and O–H groups in total. The van der Waals surface area contributed by atoms with Crippen LogP contribution < -0.4 is 0 Å². The smallest absolute Gasteiger partial charge is 0.411 e. The number of halogens is 7. The van der Waals surface area contributed by atoms with Gasteiger partial charge in [-0.25, -0.2) is 9.18 Å². The Morgan fingerprint density at radius 3 is 2.17 bits per heavy atom. The zero-order chi connectivity index (χ0) is 27.0. The Labute approximate surface area is 202 Å². The van der Waals surface area contributed by atoms with Gasteiger partial charge in [0.05, 0.1) is 28.9 Å². The molecule has 2 amide bonds. The van der Waals surface area contributed by atoms with E-state index in [0.717, 1.165) is 4.90 Å². The van der Waals surface area contributed by atoms with Crippen LogP contribution in [-0.2, 0) is 12.4 Å². The highest BCUT2D eigenvalue weighted by Crippen LogP contribution is 2.39. The van der Waals surface area contributed by atoms with Gasteiger partial charge in [0.1, 0.15) is 5.82 Å². The third-order valence-electron chi connectivity index (χ3n) is 6.40. The number of alkyl halides is 6. The molecule has 1 saturated heterocycles. The number of hydrogen-bond donors (Lipinski definition) is 1. The molecule has 1 heterocycles. The molecule has 196 valence electrons. The first kappa shape index (κ1) is 27.3. The molecule has 0 unspecified atom stereocenters. The van der Waals surface area contributed by atoms with Crippen molar-refractivity contribution in [3.63, 3.8) is 0 Å². The first-order valence-electron chi connectivity index (χ1n) is 10.9. The molecule has 0 saturated carbocycles. The maximum absolute atomic E-state index is 13.7. The number of rotatable bonds is 3. The predicted molar refractivity (Wildman–Crippen MR) is 117 cm³/mol.